The molecule has 0 aliphatic heterocycles. The van der Waals surface area contributed by atoms with Gasteiger partial charge < -0.3 is 19.9 Å². The fourth-order valence-electron chi connectivity index (χ4n) is 3.29. The van der Waals surface area contributed by atoms with Crippen LogP contribution in [-0.2, 0) is 10.0 Å². The van der Waals surface area contributed by atoms with E-state index in [2.05, 4.69) is 4.72 Å². The van der Waals surface area contributed by atoms with Crippen LogP contribution in [0.3, 0.4) is 0 Å². The third kappa shape index (κ3) is 4.94. The molecule has 3 aromatic carbocycles. The maximum atomic E-state index is 13.2. The summed E-state index contributed by atoms with van der Waals surface area (Å²) in [7, 11) is 1.03. The number of hydrogen-bond acceptors (Lipinski definition) is 7. The number of methoxy groups -OCH3 is 3. The summed E-state index contributed by atoms with van der Waals surface area (Å²) in [5, 5.41) is 0. The van der Waals surface area contributed by atoms with E-state index in [1.165, 1.54) is 21.3 Å². The molecule has 0 saturated carbocycles. The van der Waals surface area contributed by atoms with E-state index in [1.807, 2.05) is 6.07 Å². The molecule has 3 N–H and O–H groups in total. The van der Waals surface area contributed by atoms with Crippen molar-refractivity contribution in [2.45, 2.75) is 0 Å². The van der Waals surface area contributed by atoms with Crippen molar-refractivity contribution in [1.29, 1.82) is 0 Å². The molecule has 0 saturated heterocycles. The summed E-state index contributed by atoms with van der Waals surface area (Å²) >= 11 is 0. The number of benzene rings is 3. The molecule has 8 nitrogen and oxygen atoms in total. The van der Waals surface area contributed by atoms with Gasteiger partial charge in [-0.3, -0.25) is 9.52 Å². The average Bonchev–Trinajstić information content (AvgIpc) is 2.76. The van der Waals surface area contributed by atoms with Crippen LogP contribution < -0.4 is 24.7 Å². The Labute approximate surface area is 187 Å². The van der Waals surface area contributed by atoms with Gasteiger partial charge in [0, 0.05) is 22.5 Å². The van der Waals surface area contributed by atoms with E-state index in [4.69, 9.17) is 19.9 Å². The van der Waals surface area contributed by atoms with E-state index in [0.29, 0.717) is 34.1 Å². The molecule has 32 heavy (non-hydrogen) atoms. The fraction of sp³-hybridized carbons (Fsp3) is 0.174. The van der Waals surface area contributed by atoms with Gasteiger partial charge in [0.05, 0.1) is 27.6 Å². The molecule has 0 bridgehead atoms. The number of hydrogen-bond donors (Lipinski definition) is 2. The Morgan fingerprint density at radius 3 is 2.03 bits per heavy atom. The lowest BCUT2D eigenvalue weighted by molar-refractivity contribution is 0.103. The molecule has 3 rings (SSSR count). The molecule has 0 aromatic heterocycles. The van der Waals surface area contributed by atoms with Crippen LogP contribution in [0.5, 0.6) is 17.2 Å². The van der Waals surface area contributed by atoms with Crippen LogP contribution in [0.25, 0.3) is 11.1 Å². The number of nitrogen functional groups attached to an aromatic ring is 1. The van der Waals surface area contributed by atoms with Gasteiger partial charge in [0.25, 0.3) is 0 Å². The fourth-order valence-corrected chi connectivity index (χ4v) is 3.85. The van der Waals surface area contributed by atoms with Gasteiger partial charge in [-0.15, -0.1) is 0 Å². The summed E-state index contributed by atoms with van der Waals surface area (Å²) in [5.74, 6) is 0.805. The molecular weight excluding hydrogens is 432 g/mol. The van der Waals surface area contributed by atoms with Gasteiger partial charge in [0.1, 0.15) is 0 Å². The second-order valence-electron chi connectivity index (χ2n) is 7.00. The minimum absolute atomic E-state index is 0.280. The Balaban J connectivity index is 1.97. The van der Waals surface area contributed by atoms with Gasteiger partial charge >= 0.3 is 0 Å². The zero-order valence-corrected chi connectivity index (χ0v) is 18.9. The quantitative estimate of drug-likeness (QED) is 0.393. The van der Waals surface area contributed by atoms with Crippen LogP contribution in [0, 0.1) is 0 Å². The molecule has 0 spiro atoms. The zero-order chi connectivity index (χ0) is 23.5. The van der Waals surface area contributed by atoms with Gasteiger partial charge in [0.15, 0.2) is 17.3 Å². The smallest absolute Gasteiger partial charge is 0.229 e. The average molecular weight is 457 g/mol. The van der Waals surface area contributed by atoms with Crippen LogP contribution >= 0.6 is 0 Å². The number of nitrogens with one attached hydrogen (secondary N) is 1. The van der Waals surface area contributed by atoms with Crippen molar-refractivity contribution in [3.8, 4) is 28.4 Å². The predicted molar refractivity (Wildman–Crippen MR) is 124 cm³/mol. The van der Waals surface area contributed by atoms with Gasteiger partial charge in [-0.1, -0.05) is 18.2 Å². The van der Waals surface area contributed by atoms with Crippen molar-refractivity contribution >= 4 is 27.2 Å². The second kappa shape index (κ2) is 9.19. The monoisotopic (exact) mass is 456 g/mol. The highest BCUT2D eigenvalue weighted by Gasteiger charge is 2.20. The first kappa shape index (κ1) is 23.0. The molecule has 0 fully saturated rings. The van der Waals surface area contributed by atoms with Crippen LogP contribution in [0.4, 0.5) is 11.4 Å². The first-order chi connectivity index (χ1) is 15.2. The molecule has 168 valence electrons. The van der Waals surface area contributed by atoms with Crippen molar-refractivity contribution in [3.05, 3.63) is 65.7 Å². The first-order valence-electron chi connectivity index (χ1n) is 9.49. The zero-order valence-electron chi connectivity index (χ0n) is 18.1. The Hall–Kier alpha value is -3.72. The van der Waals surface area contributed by atoms with Crippen molar-refractivity contribution in [2.75, 3.05) is 38.0 Å². The number of sulfonamides is 1. The van der Waals surface area contributed by atoms with Crippen LogP contribution in [-0.4, -0.2) is 41.8 Å². The summed E-state index contributed by atoms with van der Waals surface area (Å²) in [4.78, 5) is 13.2. The Morgan fingerprint density at radius 2 is 1.50 bits per heavy atom. The Morgan fingerprint density at radius 1 is 0.875 bits per heavy atom. The molecule has 0 radical (unpaired) electrons. The number of anilines is 2. The third-order valence-corrected chi connectivity index (χ3v) is 5.33. The van der Waals surface area contributed by atoms with Crippen LogP contribution in [0.2, 0.25) is 0 Å². The van der Waals surface area contributed by atoms with Gasteiger partial charge in [-0.05, 0) is 47.5 Å². The molecule has 0 aliphatic rings. The molecule has 9 heteroatoms. The van der Waals surface area contributed by atoms with Crippen molar-refractivity contribution in [3.63, 3.8) is 0 Å². The number of carbonyl (C=O) groups excluding carboxylic acids is 1. The number of rotatable bonds is 8. The largest absolute Gasteiger partial charge is 0.493 e. The van der Waals surface area contributed by atoms with Crippen molar-refractivity contribution < 1.29 is 27.4 Å². The number of nitrogens with two attached hydrogens (primary N) is 1. The molecule has 3 aromatic rings. The summed E-state index contributed by atoms with van der Waals surface area (Å²) in [6.45, 7) is 0. The number of ketones is 1. The summed E-state index contributed by atoms with van der Waals surface area (Å²) in [6, 6.07) is 15.1. The van der Waals surface area contributed by atoms with Gasteiger partial charge in [-0.25, -0.2) is 8.42 Å². The Bertz CT molecular complexity index is 1250. The minimum Gasteiger partial charge on any atom is -0.493 e. The molecule has 0 atom stereocenters. The highest BCUT2D eigenvalue weighted by Crippen LogP contribution is 2.39. The standard InChI is InChI=1S/C23H24N2O6S/c1-29-20-12-16(13-21(30-2)23(20)31-3)22(26)18-9-8-15(11-19(18)24)14-6-5-7-17(10-14)25-32(4,27)28/h5-13,25H,24H2,1-4H3. The predicted octanol–water partition coefficient (Wildman–Crippen LogP) is 3.56. The highest BCUT2D eigenvalue weighted by molar-refractivity contribution is 7.92. The molecule has 0 amide bonds. The van der Waals surface area contributed by atoms with E-state index in [9.17, 15) is 13.2 Å². The van der Waals surface area contributed by atoms with Crippen molar-refractivity contribution in [2.24, 2.45) is 0 Å². The summed E-state index contributed by atoms with van der Waals surface area (Å²) < 4.78 is 41.4. The van der Waals surface area contributed by atoms with Crippen LogP contribution in [0.1, 0.15) is 15.9 Å². The van der Waals surface area contributed by atoms with Gasteiger partial charge in [-0.2, -0.15) is 0 Å². The maximum Gasteiger partial charge on any atom is 0.229 e. The lowest BCUT2D eigenvalue weighted by Crippen LogP contribution is -2.09. The number of carbonyl (C=O) groups is 1. The first-order valence-corrected chi connectivity index (χ1v) is 11.4. The molecular formula is C23H24N2O6S. The Kier molecular flexibility index (Phi) is 6.59. The summed E-state index contributed by atoms with van der Waals surface area (Å²) in [6.07, 6.45) is 1.08. The van der Waals surface area contributed by atoms with Gasteiger partial charge in [0.2, 0.25) is 15.8 Å². The molecule has 0 heterocycles. The van der Waals surface area contributed by atoms with E-state index < -0.39 is 10.0 Å². The van der Waals surface area contributed by atoms with E-state index >= 15 is 0 Å². The highest BCUT2D eigenvalue weighted by atomic mass is 32.2. The SMILES string of the molecule is COc1cc(C(=O)c2ccc(-c3cccc(NS(C)(=O)=O)c3)cc2N)cc(OC)c1OC. The minimum atomic E-state index is -3.40. The van der Waals surface area contributed by atoms with E-state index in [0.717, 1.165) is 17.4 Å². The lowest BCUT2D eigenvalue weighted by atomic mass is 9.97. The second-order valence-corrected chi connectivity index (χ2v) is 8.75. The maximum absolute atomic E-state index is 13.2. The molecule has 0 aliphatic carbocycles. The topological polar surface area (TPSA) is 117 Å². The van der Waals surface area contributed by atoms with E-state index in [-0.39, 0.29) is 11.5 Å². The summed E-state index contributed by atoms with van der Waals surface area (Å²) in [5.41, 5.74) is 9.06. The van der Waals surface area contributed by atoms with Crippen LogP contribution in [0.15, 0.2) is 54.6 Å². The van der Waals surface area contributed by atoms with Crippen molar-refractivity contribution in [1.82, 2.24) is 0 Å². The number of ether oxygens (including phenoxy) is 3. The van der Waals surface area contributed by atoms with E-state index in [1.54, 1.807) is 48.5 Å². The molecule has 0 unspecified atom stereocenters. The lowest BCUT2D eigenvalue weighted by Gasteiger charge is -2.14. The normalized spacial score (nSPS) is 11.0. The third-order valence-electron chi connectivity index (χ3n) is 4.72.